The molecule has 0 saturated carbocycles. The summed E-state index contributed by atoms with van der Waals surface area (Å²) in [4.78, 5) is 9.46. The predicted octanol–water partition coefficient (Wildman–Crippen LogP) is 13.0. The first-order valence-electron chi connectivity index (χ1n) is 18.4. The van der Waals surface area contributed by atoms with E-state index in [1.165, 1.54) is 52.5 Å². The second-order valence-corrected chi connectivity index (χ2v) is 15.2. The van der Waals surface area contributed by atoms with Gasteiger partial charge in [-0.15, -0.1) is 17.8 Å². The Bertz CT molecular complexity index is 3580. The maximum atomic E-state index is 6.29. The van der Waals surface area contributed by atoms with Crippen molar-refractivity contribution in [2.45, 2.75) is 0 Å². The fourth-order valence-corrected chi connectivity index (χ4v) is 10.2. The van der Waals surface area contributed by atoms with Crippen molar-refractivity contribution in [2.75, 3.05) is 0 Å². The van der Waals surface area contributed by atoms with Gasteiger partial charge in [0.1, 0.15) is 6.33 Å². The minimum absolute atomic E-state index is 0.826. The number of hydrogen-bond donors (Lipinski definition) is 0. The van der Waals surface area contributed by atoms with Gasteiger partial charge < -0.3 is 9.13 Å². The molecule has 55 heavy (non-hydrogen) atoms. The van der Waals surface area contributed by atoms with Gasteiger partial charge in [0.05, 0.1) is 39.0 Å². The summed E-state index contributed by atoms with van der Waals surface area (Å²) in [6.45, 7) is 0. The van der Waals surface area contributed by atoms with E-state index in [1.54, 1.807) is 6.33 Å². The lowest BCUT2D eigenvalue weighted by atomic mass is 9.98. The number of benzene rings is 8. The summed E-state index contributed by atoms with van der Waals surface area (Å²) in [5.41, 5.74) is 10.3. The lowest BCUT2D eigenvalue weighted by Gasteiger charge is -2.16. The number of para-hydroxylation sites is 3. The monoisotopic (exact) mass is 716 g/mol. The summed E-state index contributed by atoms with van der Waals surface area (Å²) in [6, 6.07) is 54.5. The molecule has 4 aromatic heterocycles. The third kappa shape index (κ3) is 4.17. The van der Waals surface area contributed by atoms with E-state index in [1.807, 2.05) is 17.5 Å². The van der Waals surface area contributed by atoms with Gasteiger partial charge in [-0.05, 0) is 59.5 Å². The summed E-state index contributed by atoms with van der Waals surface area (Å²) in [5.74, 6) is 3.02. The molecule has 0 radical (unpaired) electrons. The molecule has 0 fully saturated rings. The second-order valence-electron chi connectivity index (χ2n) is 14.1. The lowest BCUT2D eigenvalue weighted by Crippen LogP contribution is -2.00. The molecule has 0 bridgehead atoms. The van der Waals surface area contributed by atoms with Crippen LogP contribution in [-0.2, 0) is 0 Å². The van der Waals surface area contributed by atoms with Crippen LogP contribution in [0.25, 0.3) is 108 Å². The Labute approximate surface area is 319 Å². The van der Waals surface area contributed by atoms with E-state index < -0.39 is 0 Å². The molecule has 0 aliphatic carbocycles. The van der Waals surface area contributed by atoms with E-state index in [-0.39, 0.29) is 0 Å². The first kappa shape index (κ1) is 30.2. The van der Waals surface area contributed by atoms with E-state index in [2.05, 4.69) is 172 Å². The average Bonchev–Trinajstić information content (AvgIpc) is 3.91. The van der Waals surface area contributed by atoms with Gasteiger partial charge >= 0.3 is 0 Å². The van der Waals surface area contributed by atoms with Crippen molar-refractivity contribution in [1.29, 1.82) is 0 Å². The van der Waals surface area contributed by atoms with Crippen LogP contribution in [0, 0.1) is 12.3 Å². The summed E-state index contributed by atoms with van der Waals surface area (Å²) in [5, 5.41) is 11.0. The quantitative estimate of drug-likeness (QED) is 0.171. The van der Waals surface area contributed by atoms with Crippen LogP contribution in [0.2, 0.25) is 0 Å². The average molecular weight is 717 g/mol. The highest BCUT2D eigenvalue weighted by molar-refractivity contribution is 7.26. The van der Waals surface area contributed by atoms with Crippen LogP contribution in [0.15, 0.2) is 164 Å². The second kappa shape index (κ2) is 11.4. The molecule has 12 aromatic rings. The highest BCUT2D eigenvalue weighted by Crippen LogP contribution is 2.44. The zero-order valence-corrected chi connectivity index (χ0v) is 30.2. The van der Waals surface area contributed by atoms with Gasteiger partial charge in [0.15, 0.2) is 0 Å². The van der Waals surface area contributed by atoms with Crippen LogP contribution in [0.4, 0.5) is 0 Å². The van der Waals surface area contributed by atoms with Crippen molar-refractivity contribution in [1.82, 2.24) is 19.1 Å². The number of terminal acetylenes is 1. The standard InChI is InChI=1S/C50H28N4S/c1-2-30-19-20-31(32-23-25-44(40-28-51-29-52-49(32)40)53-41-15-7-3-11-33(41)34-12-4-8-16-42(34)53)27-46(30)54-43-17-9-5-14-39(43)48-36-21-22-37-35-13-6-10-18-47(35)55-50(37)38(36)24-26-45(48)54/h1,3-29H. The Hall–Kier alpha value is -7.26. The normalized spacial score (nSPS) is 12.0. The molecule has 5 heteroatoms. The van der Waals surface area contributed by atoms with Crippen LogP contribution in [-0.4, -0.2) is 19.1 Å². The van der Waals surface area contributed by atoms with E-state index >= 15 is 0 Å². The molecule has 0 aliphatic heterocycles. The molecular weight excluding hydrogens is 689 g/mol. The third-order valence-corrected chi connectivity index (χ3v) is 12.6. The first-order chi connectivity index (χ1) is 27.3. The van der Waals surface area contributed by atoms with Crippen LogP contribution < -0.4 is 0 Å². The third-order valence-electron chi connectivity index (χ3n) is 11.4. The molecule has 0 unspecified atom stereocenters. The summed E-state index contributed by atoms with van der Waals surface area (Å²) < 4.78 is 7.31. The van der Waals surface area contributed by atoms with Gasteiger partial charge in [0.25, 0.3) is 0 Å². The molecule has 0 atom stereocenters. The number of fused-ring (bicyclic) bond motifs is 13. The van der Waals surface area contributed by atoms with Crippen LogP contribution in [0.1, 0.15) is 5.56 Å². The maximum absolute atomic E-state index is 6.29. The van der Waals surface area contributed by atoms with Crippen molar-refractivity contribution in [3.05, 3.63) is 170 Å². The molecular formula is C50H28N4S. The molecule has 0 saturated heterocycles. The van der Waals surface area contributed by atoms with Gasteiger partial charge in [-0.3, -0.25) is 0 Å². The predicted molar refractivity (Wildman–Crippen MR) is 232 cm³/mol. The van der Waals surface area contributed by atoms with Gasteiger partial charge in [0, 0.05) is 69.8 Å². The number of nitrogens with zero attached hydrogens (tertiary/aromatic N) is 4. The van der Waals surface area contributed by atoms with Crippen LogP contribution >= 0.6 is 11.3 Å². The Morgan fingerprint density at radius 3 is 1.93 bits per heavy atom. The number of thiophene rings is 1. The number of rotatable bonds is 3. The molecule has 254 valence electrons. The molecule has 4 heterocycles. The van der Waals surface area contributed by atoms with Gasteiger partial charge in [0.2, 0.25) is 0 Å². The van der Waals surface area contributed by atoms with Crippen molar-refractivity contribution >= 4 is 96.8 Å². The highest BCUT2D eigenvalue weighted by Gasteiger charge is 2.21. The summed E-state index contributed by atoms with van der Waals surface area (Å²) in [6.07, 6.45) is 9.87. The lowest BCUT2D eigenvalue weighted by molar-refractivity contribution is 1.17. The minimum Gasteiger partial charge on any atom is -0.309 e. The molecule has 0 N–H and O–H groups in total. The molecule has 0 spiro atoms. The van der Waals surface area contributed by atoms with E-state index in [4.69, 9.17) is 11.4 Å². The van der Waals surface area contributed by atoms with Crippen LogP contribution in [0.3, 0.4) is 0 Å². The Morgan fingerprint density at radius 2 is 1.15 bits per heavy atom. The number of hydrogen-bond acceptors (Lipinski definition) is 3. The van der Waals surface area contributed by atoms with Crippen molar-refractivity contribution in [2.24, 2.45) is 0 Å². The van der Waals surface area contributed by atoms with E-state index in [9.17, 15) is 0 Å². The summed E-state index contributed by atoms with van der Waals surface area (Å²) in [7, 11) is 0. The minimum atomic E-state index is 0.826. The maximum Gasteiger partial charge on any atom is 0.116 e. The molecule has 4 nitrogen and oxygen atoms in total. The van der Waals surface area contributed by atoms with E-state index in [0.717, 1.165) is 61.0 Å². The largest absolute Gasteiger partial charge is 0.309 e. The zero-order chi connectivity index (χ0) is 36.2. The fourth-order valence-electron chi connectivity index (χ4n) is 8.99. The Kier molecular flexibility index (Phi) is 6.25. The van der Waals surface area contributed by atoms with E-state index in [0.29, 0.717) is 0 Å². The van der Waals surface area contributed by atoms with Gasteiger partial charge in [-0.25, -0.2) is 9.97 Å². The van der Waals surface area contributed by atoms with Crippen LogP contribution in [0.5, 0.6) is 0 Å². The highest BCUT2D eigenvalue weighted by atomic mass is 32.1. The van der Waals surface area contributed by atoms with Gasteiger partial charge in [-0.2, -0.15) is 0 Å². The topological polar surface area (TPSA) is 35.6 Å². The zero-order valence-electron chi connectivity index (χ0n) is 29.4. The van der Waals surface area contributed by atoms with Crippen molar-refractivity contribution in [3.63, 3.8) is 0 Å². The van der Waals surface area contributed by atoms with Gasteiger partial charge in [-0.1, -0.05) is 109 Å². The Balaban J connectivity index is 1.10. The SMILES string of the molecule is C#Cc1ccc(-c2ccc(-n3c4ccccc4c4ccccc43)c3cncnc23)cc1-n1c2ccccc2c2c3ccc4c5ccccc5sc4c3ccc21. The smallest absolute Gasteiger partial charge is 0.116 e. The Morgan fingerprint density at radius 1 is 0.509 bits per heavy atom. The molecule has 0 aliphatic rings. The first-order valence-corrected chi connectivity index (χ1v) is 19.2. The fraction of sp³-hybridized carbons (Fsp3) is 0. The molecule has 0 amide bonds. The van der Waals surface area contributed by atoms with Crippen molar-refractivity contribution in [3.8, 4) is 34.8 Å². The summed E-state index contributed by atoms with van der Waals surface area (Å²) >= 11 is 1.87. The molecule has 12 rings (SSSR count). The number of aromatic nitrogens is 4. The van der Waals surface area contributed by atoms with Crippen molar-refractivity contribution < 1.29 is 0 Å². The molecule has 8 aromatic carbocycles.